The molecular weight excluding hydrogens is 382 g/mol. The van der Waals surface area contributed by atoms with Crippen LogP contribution in [0.2, 0.25) is 0 Å². The Kier molecular flexibility index (Phi) is 6.77. The molecule has 0 aliphatic carbocycles. The number of nitrogens with zero attached hydrogens (tertiary/aromatic N) is 1. The van der Waals surface area contributed by atoms with Crippen molar-refractivity contribution in [3.63, 3.8) is 0 Å². The van der Waals surface area contributed by atoms with E-state index in [1.165, 1.54) is 16.9 Å². The van der Waals surface area contributed by atoms with E-state index in [1.807, 2.05) is 51.1 Å². The summed E-state index contributed by atoms with van der Waals surface area (Å²) < 4.78 is 0. The van der Waals surface area contributed by atoms with Gasteiger partial charge in [0.1, 0.15) is 6.04 Å². The predicted molar refractivity (Wildman–Crippen MR) is 117 cm³/mol. The topological polar surface area (TPSA) is 71.1 Å². The molecule has 0 bridgehead atoms. The first-order chi connectivity index (χ1) is 13.9. The molecule has 6 heteroatoms. The molecule has 1 aromatic heterocycles. The van der Waals surface area contributed by atoms with Crippen LogP contribution in [0.1, 0.15) is 40.2 Å². The number of nitrogens with one attached hydrogen (secondary N) is 2. The fraction of sp³-hybridized carbons (Fsp3) is 0.261. The molecule has 0 aliphatic rings. The van der Waals surface area contributed by atoms with Crippen molar-refractivity contribution in [1.82, 2.24) is 10.3 Å². The lowest BCUT2D eigenvalue weighted by molar-refractivity contribution is -0.118. The summed E-state index contributed by atoms with van der Waals surface area (Å²) >= 11 is 1.45. The molecule has 0 saturated carbocycles. The second-order valence-corrected chi connectivity index (χ2v) is 8.46. The third-order valence-corrected chi connectivity index (χ3v) is 5.47. The highest BCUT2D eigenvalue weighted by atomic mass is 32.1. The van der Waals surface area contributed by atoms with Crippen LogP contribution in [-0.4, -0.2) is 22.8 Å². The van der Waals surface area contributed by atoms with Crippen LogP contribution in [0.4, 0.5) is 5.13 Å². The summed E-state index contributed by atoms with van der Waals surface area (Å²) in [6, 6.07) is 16.7. The first-order valence-electron chi connectivity index (χ1n) is 9.59. The maximum atomic E-state index is 12.8. The van der Waals surface area contributed by atoms with Crippen molar-refractivity contribution in [2.24, 2.45) is 5.92 Å². The van der Waals surface area contributed by atoms with Crippen LogP contribution in [-0.2, 0) is 11.2 Å². The third kappa shape index (κ3) is 5.74. The smallest absolute Gasteiger partial charge is 0.251 e. The molecule has 150 valence electrons. The number of carbonyl (C=O) groups excluding carboxylic acids is 2. The van der Waals surface area contributed by atoms with Crippen molar-refractivity contribution < 1.29 is 9.59 Å². The minimum absolute atomic E-state index is 0.0619. The summed E-state index contributed by atoms with van der Waals surface area (Å²) in [6.07, 6.45) is 2.55. The molecular formula is C23H25N3O2S. The minimum atomic E-state index is -0.648. The Balaban J connectivity index is 1.64. The molecule has 0 aliphatic heterocycles. The van der Waals surface area contributed by atoms with Gasteiger partial charge in [-0.05, 0) is 30.5 Å². The molecule has 5 nitrogen and oxygen atoms in total. The molecule has 2 amide bonds. The van der Waals surface area contributed by atoms with Crippen molar-refractivity contribution in [3.05, 3.63) is 82.4 Å². The molecule has 29 heavy (non-hydrogen) atoms. The number of benzene rings is 2. The number of aryl methyl sites for hydroxylation is 1. The van der Waals surface area contributed by atoms with Gasteiger partial charge in [0, 0.05) is 23.1 Å². The lowest BCUT2D eigenvalue weighted by atomic mass is 10.0. The van der Waals surface area contributed by atoms with Gasteiger partial charge >= 0.3 is 0 Å². The van der Waals surface area contributed by atoms with E-state index in [0.717, 1.165) is 16.9 Å². The molecule has 3 rings (SSSR count). The van der Waals surface area contributed by atoms with Crippen molar-refractivity contribution in [3.8, 4) is 0 Å². The number of carbonyl (C=O) groups is 2. The maximum absolute atomic E-state index is 12.8. The van der Waals surface area contributed by atoms with Crippen LogP contribution < -0.4 is 10.6 Å². The average Bonchev–Trinajstić information content (AvgIpc) is 3.13. The van der Waals surface area contributed by atoms with E-state index in [2.05, 4.69) is 27.8 Å². The van der Waals surface area contributed by atoms with Gasteiger partial charge in [0.05, 0.1) is 0 Å². The second-order valence-electron chi connectivity index (χ2n) is 7.34. The van der Waals surface area contributed by atoms with Crippen molar-refractivity contribution in [1.29, 1.82) is 0 Å². The molecule has 0 spiro atoms. The van der Waals surface area contributed by atoms with Crippen molar-refractivity contribution in [2.75, 3.05) is 5.32 Å². The van der Waals surface area contributed by atoms with E-state index in [4.69, 9.17) is 0 Å². The zero-order valence-electron chi connectivity index (χ0n) is 16.8. The molecule has 3 aromatic rings. The van der Waals surface area contributed by atoms with E-state index in [1.54, 1.807) is 18.3 Å². The van der Waals surface area contributed by atoms with Gasteiger partial charge in [0.2, 0.25) is 5.91 Å². The number of rotatable bonds is 7. The average molecular weight is 408 g/mol. The fourth-order valence-corrected chi connectivity index (χ4v) is 3.74. The van der Waals surface area contributed by atoms with Gasteiger partial charge in [-0.3, -0.25) is 9.59 Å². The van der Waals surface area contributed by atoms with Gasteiger partial charge in [-0.2, -0.15) is 0 Å². The molecule has 1 unspecified atom stereocenters. The summed E-state index contributed by atoms with van der Waals surface area (Å²) in [5, 5.41) is 6.23. The highest BCUT2D eigenvalue weighted by Crippen LogP contribution is 2.21. The summed E-state index contributed by atoms with van der Waals surface area (Å²) in [5.41, 5.74) is 2.81. The van der Waals surface area contributed by atoms with Gasteiger partial charge in [0.15, 0.2) is 5.13 Å². The summed E-state index contributed by atoms with van der Waals surface area (Å²) in [6.45, 7) is 5.77. The van der Waals surface area contributed by atoms with Gasteiger partial charge in [0.25, 0.3) is 5.91 Å². The molecule has 0 radical (unpaired) electrons. The van der Waals surface area contributed by atoms with Crippen LogP contribution >= 0.6 is 11.3 Å². The Morgan fingerprint density at radius 2 is 1.72 bits per heavy atom. The Morgan fingerprint density at radius 3 is 2.38 bits per heavy atom. The Hall–Kier alpha value is -2.99. The Labute approximate surface area is 175 Å². The number of aromatic nitrogens is 1. The lowest BCUT2D eigenvalue weighted by Gasteiger charge is -2.21. The Bertz CT molecular complexity index is 965. The fourth-order valence-electron chi connectivity index (χ4n) is 2.89. The molecule has 0 saturated heterocycles. The number of anilines is 1. The van der Waals surface area contributed by atoms with Crippen LogP contribution in [0.15, 0.2) is 60.8 Å². The van der Waals surface area contributed by atoms with Crippen LogP contribution in [0.5, 0.6) is 0 Å². The maximum Gasteiger partial charge on any atom is 0.251 e. The normalized spacial score (nSPS) is 11.9. The highest BCUT2D eigenvalue weighted by Gasteiger charge is 2.25. The summed E-state index contributed by atoms with van der Waals surface area (Å²) in [5.74, 6) is -0.586. The molecule has 1 atom stereocenters. The quantitative estimate of drug-likeness (QED) is 0.608. The zero-order valence-corrected chi connectivity index (χ0v) is 17.6. The zero-order chi connectivity index (χ0) is 20.8. The van der Waals surface area contributed by atoms with Crippen LogP contribution in [0, 0.1) is 12.8 Å². The number of thiazole rings is 1. The van der Waals surface area contributed by atoms with E-state index in [9.17, 15) is 9.59 Å². The number of amides is 2. The monoisotopic (exact) mass is 407 g/mol. The molecule has 1 heterocycles. The van der Waals surface area contributed by atoms with Crippen molar-refractivity contribution in [2.45, 2.75) is 33.2 Å². The molecule has 0 fully saturated rings. The van der Waals surface area contributed by atoms with E-state index in [-0.39, 0.29) is 17.7 Å². The first kappa shape index (κ1) is 20.7. The van der Waals surface area contributed by atoms with Gasteiger partial charge in [-0.25, -0.2) is 4.98 Å². The van der Waals surface area contributed by atoms with E-state index in [0.29, 0.717) is 10.7 Å². The third-order valence-electron chi connectivity index (χ3n) is 4.55. The summed E-state index contributed by atoms with van der Waals surface area (Å²) in [7, 11) is 0. The lowest BCUT2D eigenvalue weighted by Crippen LogP contribution is -2.47. The Morgan fingerprint density at radius 1 is 1.03 bits per heavy atom. The van der Waals surface area contributed by atoms with E-state index < -0.39 is 6.04 Å². The first-order valence-corrected chi connectivity index (χ1v) is 10.4. The van der Waals surface area contributed by atoms with Crippen LogP contribution in [0.3, 0.4) is 0 Å². The SMILES string of the molecule is Cc1ccc(C(=O)NC(C(=O)Nc2ncc(Cc3ccccc3)s2)C(C)C)cc1. The van der Waals surface area contributed by atoms with Gasteiger partial charge in [-0.1, -0.05) is 61.9 Å². The van der Waals surface area contributed by atoms with E-state index >= 15 is 0 Å². The molecule has 2 N–H and O–H groups in total. The standard InChI is InChI=1S/C23H25N3O2S/c1-15(2)20(25-21(27)18-11-9-16(3)10-12-18)22(28)26-23-24-14-19(29-23)13-17-7-5-4-6-8-17/h4-12,14-15,20H,13H2,1-3H3,(H,25,27)(H,24,26,28). The van der Waals surface area contributed by atoms with Crippen molar-refractivity contribution >= 4 is 28.3 Å². The van der Waals surface area contributed by atoms with Gasteiger partial charge < -0.3 is 10.6 Å². The number of hydrogen-bond acceptors (Lipinski definition) is 4. The number of hydrogen-bond donors (Lipinski definition) is 2. The minimum Gasteiger partial charge on any atom is -0.340 e. The highest BCUT2D eigenvalue weighted by molar-refractivity contribution is 7.15. The largest absolute Gasteiger partial charge is 0.340 e. The summed E-state index contributed by atoms with van der Waals surface area (Å²) in [4.78, 5) is 30.7. The molecule has 2 aromatic carbocycles. The van der Waals surface area contributed by atoms with Crippen LogP contribution in [0.25, 0.3) is 0 Å². The second kappa shape index (κ2) is 9.47. The van der Waals surface area contributed by atoms with Gasteiger partial charge in [-0.15, -0.1) is 11.3 Å². The predicted octanol–water partition coefficient (Wildman–Crippen LogP) is 4.44.